The second-order valence-corrected chi connectivity index (χ2v) is 8.20. The summed E-state index contributed by atoms with van der Waals surface area (Å²) in [5, 5.41) is 6.25. The van der Waals surface area contributed by atoms with Gasteiger partial charge in [0, 0.05) is 30.1 Å². The molecule has 1 heterocycles. The van der Waals surface area contributed by atoms with Crippen molar-refractivity contribution in [2.45, 2.75) is 19.0 Å². The molecule has 0 spiro atoms. The van der Waals surface area contributed by atoms with Crippen molar-refractivity contribution in [1.29, 1.82) is 0 Å². The topological polar surface area (TPSA) is 131 Å². The van der Waals surface area contributed by atoms with Gasteiger partial charge >= 0.3 is 0 Å². The van der Waals surface area contributed by atoms with Gasteiger partial charge in [-0.25, -0.2) is 0 Å². The summed E-state index contributed by atoms with van der Waals surface area (Å²) in [4.78, 5) is 53.5. The Labute approximate surface area is 207 Å². The number of carbonyl (C=O) groups is 4. The van der Waals surface area contributed by atoms with Gasteiger partial charge < -0.3 is 16.4 Å². The van der Waals surface area contributed by atoms with Crippen molar-refractivity contribution in [3.63, 3.8) is 0 Å². The van der Waals surface area contributed by atoms with Crippen LogP contribution in [0, 0.1) is 0 Å². The molecule has 1 atom stereocenters. The summed E-state index contributed by atoms with van der Waals surface area (Å²) in [6.45, 7) is 0.258. The number of amides is 3. The monoisotopic (exact) mass is 480 g/mol. The van der Waals surface area contributed by atoms with E-state index in [0.29, 0.717) is 11.1 Å². The first-order valence-electron chi connectivity index (χ1n) is 11.3. The van der Waals surface area contributed by atoms with Crippen LogP contribution < -0.4 is 16.4 Å². The van der Waals surface area contributed by atoms with E-state index in [4.69, 9.17) is 5.73 Å². The molecule has 0 unspecified atom stereocenters. The molecule has 4 N–H and O–H groups in total. The number of Topliss-reactive ketones (excluding diaryl/α,β-unsaturated/α-hetero) is 1. The van der Waals surface area contributed by atoms with Crippen LogP contribution in [0.5, 0.6) is 0 Å². The zero-order valence-corrected chi connectivity index (χ0v) is 19.3. The molecule has 1 aromatic heterocycles. The van der Waals surface area contributed by atoms with Crippen LogP contribution in [0.3, 0.4) is 0 Å². The zero-order chi connectivity index (χ0) is 25.5. The van der Waals surface area contributed by atoms with Crippen molar-refractivity contribution >= 4 is 34.4 Å². The average molecular weight is 481 g/mol. The highest BCUT2D eigenvalue weighted by molar-refractivity contribution is 6.38. The first kappa shape index (κ1) is 24.3. The normalized spacial score (nSPS) is 11.4. The molecule has 3 amide bonds. The number of benzene rings is 3. The summed E-state index contributed by atoms with van der Waals surface area (Å²) in [7, 11) is 0. The Morgan fingerprint density at radius 3 is 2.19 bits per heavy atom. The van der Waals surface area contributed by atoms with Crippen molar-refractivity contribution < 1.29 is 19.2 Å². The molecular weight excluding hydrogens is 456 g/mol. The molecule has 0 bridgehead atoms. The number of carbonyl (C=O) groups excluding carboxylic acids is 4. The number of nitrogens with one attached hydrogen (secondary N) is 2. The molecule has 3 aromatic carbocycles. The smallest absolute Gasteiger partial charge is 0.287 e. The van der Waals surface area contributed by atoms with Crippen LogP contribution in [0.1, 0.15) is 31.8 Å². The standard InChI is InChI=1S/C28H24N4O4/c29-26(34)25(33)24(16-18-6-2-1-3-7-18)32-27(35)20-12-10-19(11-13-20)17-31-28(36)22-14-15-30-23-9-5-4-8-21(22)23/h1-15,24H,16-17H2,(H2,29,34)(H,31,36)(H,32,35)/t24-/m0/s1. The zero-order valence-electron chi connectivity index (χ0n) is 19.3. The number of ketones is 1. The van der Waals surface area contributed by atoms with E-state index < -0.39 is 23.6 Å². The Balaban J connectivity index is 1.40. The van der Waals surface area contributed by atoms with Gasteiger partial charge in [0.05, 0.1) is 11.1 Å². The number of aromatic nitrogens is 1. The van der Waals surface area contributed by atoms with E-state index in [2.05, 4.69) is 15.6 Å². The van der Waals surface area contributed by atoms with Crippen LogP contribution in [0.15, 0.2) is 91.1 Å². The molecular formula is C28H24N4O4. The lowest BCUT2D eigenvalue weighted by Crippen LogP contribution is -2.47. The van der Waals surface area contributed by atoms with Crippen molar-refractivity contribution in [2.24, 2.45) is 5.73 Å². The number of pyridine rings is 1. The van der Waals surface area contributed by atoms with Gasteiger partial charge in [0.2, 0.25) is 5.78 Å². The minimum absolute atomic E-state index is 0.141. The minimum Gasteiger partial charge on any atom is -0.363 e. The van der Waals surface area contributed by atoms with Crippen LogP contribution in [-0.2, 0) is 22.6 Å². The number of fused-ring (bicyclic) bond motifs is 1. The molecule has 0 saturated carbocycles. The number of nitrogens with two attached hydrogens (primary N) is 1. The summed E-state index contributed by atoms with van der Waals surface area (Å²) in [5.41, 5.74) is 8.32. The van der Waals surface area contributed by atoms with E-state index in [-0.39, 0.29) is 18.9 Å². The van der Waals surface area contributed by atoms with Crippen molar-refractivity contribution in [3.8, 4) is 0 Å². The molecule has 36 heavy (non-hydrogen) atoms. The summed E-state index contributed by atoms with van der Waals surface area (Å²) in [6, 6.07) is 23.6. The largest absolute Gasteiger partial charge is 0.363 e. The SMILES string of the molecule is NC(=O)C(=O)[C@H](Cc1ccccc1)NC(=O)c1ccc(CNC(=O)c2ccnc3ccccc23)cc1. The van der Waals surface area contributed by atoms with Gasteiger partial charge in [-0.2, -0.15) is 0 Å². The Kier molecular flexibility index (Phi) is 7.45. The number of nitrogens with zero attached hydrogens (tertiary/aromatic N) is 1. The number of hydrogen-bond donors (Lipinski definition) is 3. The van der Waals surface area contributed by atoms with Gasteiger partial charge in [-0.1, -0.05) is 60.7 Å². The highest BCUT2D eigenvalue weighted by atomic mass is 16.2. The fraction of sp³-hybridized carbons (Fsp3) is 0.107. The summed E-state index contributed by atoms with van der Waals surface area (Å²) < 4.78 is 0. The maximum absolute atomic E-state index is 12.8. The molecule has 0 aliphatic rings. The molecule has 0 saturated heterocycles. The lowest BCUT2D eigenvalue weighted by Gasteiger charge is -2.16. The van der Waals surface area contributed by atoms with E-state index in [9.17, 15) is 19.2 Å². The summed E-state index contributed by atoms with van der Waals surface area (Å²) in [6.07, 6.45) is 1.74. The molecule has 0 fully saturated rings. The van der Waals surface area contributed by atoms with Crippen LogP contribution in [0.2, 0.25) is 0 Å². The third-order valence-corrected chi connectivity index (χ3v) is 5.71. The summed E-state index contributed by atoms with van der Waals surface area (Å²) in [5.74, 6) is -2.71. The van der Waals surface area contributed by atoms with Crippen molar-refractivity contribution in [1.82, 2.24) is 15.6 Å². The van der Waals surface area contributed by atoms with Crippen molar-refractivity contribution in [3.05, 3.63) is 113 Å². The fourth-order valence-corrected chi connectivity index (χ4v) is 3.82. The number of hydrogen-bond acceptors (Lipinski definition) is 5. The Hall–Kier alpha value is -4.85. The maximum atomic E-state index is 12.8. The second kappa shape index (κ2) is 11.1. The van der Waals surface area contributed by atoms with Crippen LogP contribution in [0.4, 0.5) is 0 Å². The fourth-order valence-electron chi connectivity index (χ4n) is 3.82. The molecule has 0 radical (unpaired) electrons. The summed E-state index contributed by atoms with van der Waals surface area (Å²) >= 11 is 0. The van der Waals surface area contributed by atoms with Gasteiger partial charge in [0.1, 0.15) is 6.04 Å². The lowest BCUT2D eigenvalue weighted by atomic mass is 10.0. The first-order valence-corrected chi connectivity index (χ1v) is 11.3. The molecule has 8 heteroatoms. The predicted octanol–water partition coefficient (Wildman–Crippen LogP) is 2.56. The second-order valence-electron chi connectivity index (χ2n) is 8.20. The lowest BCUT2D eigenvalue weighted by molar-refractivity contribution is -0.137. The molecule has 4 rings (SSSR count). The van der Waals surface area contributed by atoms with E-state index >= 15 is 0 Å². The highest BCUT2D eigenvalue weighted by Crippen LogP contribution is 2.16. The molecule has 4 aromatic rings. The van der Waals surface area contributed by atoms with Crippen molar-refractivity contribution in [2.75, 3.05) is 0 Å². The maximum Gasteiger partial charge on any atom is 0.287 e. The predicted molar refractivity (Wildman–Crippen MR) is 135 cm³/mol. The molecule has 180 valence electrons. The van der Waals surface area contributed by atoms with Crippen LogP contribution in [0.25, 0.3) is 10.9 Å². The van der Waals surface area contributed by atoms with E-state index in [1.54, 1.807) is 60.8 Å². The third-order valence-electron chi connectivity index (χ3n) is 5.71. The molecule has 0 aliphatic carbocycles. The molecule has 8 nitrogen and oxygen atoms in total. The third kappa shape index (κ3) is 5.79. The Morgan fingerprint density at radius 1 is 0.778 bits per heavy atom. The van der Waals surface area contributed by atoms with E-state index in [1.807, 2.05) is 30.3 Å². The Morgan fingerprint density at radius 2 is 1.47 bits per heavy atom. The van der Waals surface area contributed by atoms with E-state index in [1.165, 1.54) is 0 Å². The first-order chi connectivity index (χ1) is 17.4. The number of primary amides is 1. The van der Waals surface area contributed by atoms with Crippen LogP contribution >= 0.6 is 0 Å². The quantitative estimate of drug-likeness (QED) is 0.317. The number of para-hydroxylation sites is 1. The number of rotatable bonds is 9. The van der Waals surface area contributed by atoms with Gasteiger partial charge in [-0.05, 0) is 35.4 Å². The van der Waals surface area contributed by atoms with Gasteiger partial charge in [-0.3, -0.25) is 24.2 Å². The Bertz CT molecular complexity index is 1410. The van der Waals surface area contributed by atoms with Gasteiger partial charge in [0.15, 0.2) is 0 Å². The average Bonchev–Trinajstić information content (AvgIpc) is 2.91. The molecule has 0 aliphatic heterocycles. The van der Waals surface area contributed by atoms with Gasteiger partial charge in [0.25, 0.3) is 17.7 Å². The van der Waals surface area contributed by atoms with Crippen LogP contribution in [-0.4, -0.2) is 34.5 Å². The van der Waals surface area contributed by atoms with Gasteiger partial charge in [-0.15, -0.1) is 0 Å². The highest BCUT2D eigenvalue weighted by Gasteiger charge is 2.25. The minimum atomic E-state index is -1.11. The van der Waals surface area contributed by atoms with E-state index in [0.717, 1.165) is 22.0 Å².